The lowest BCUT2D eigenvalue weighted by Gasteiger charge is -2.16. The van der Waals surface area contributed by atoms with Gasteiger partial charge < -0.3 is 55.3 Å². The van der Waals surface area contributed by atoms with E-state index in [2.05, 4.69) is 15.0 Å². The summed E-state index contributed by atoms with van der Waals surface area (Å²) < 4.78 is 11.6. The van der Waals surface area contributed by atoms with Gasteiger partial charge in [0, 0.05) is 0 Å². The number of aromatic nitrogens is 4. The number of aliphatic hydroxyl groups is 6. The van der Waals surface area contributed by atoms with E-state index in [1.54, 1.807) is 0 Å². The van der Waals surface area contributed by atoms with Gasteiger partial charge in [-0.15, -0.1) is 0 Å². The fourth-order valence-electron chi connectivity index (χ4n) is 2.79. The number of aromatic amines is 1. The van der Waals surface area contributed by atoms with Gasteiger partial charge in [-0.2, -0.15) is 4.98 Å². The highest BCUT2D eigenvalue weighted by molar-refractivity contribution is 7.43. The number of rotatable bonds is 8. The second kappa shape index (κ2) is 11.8. The van der Waals surface area contributed by atoms with Crippen molar-refractivity contribution in [2.45, 2.75) is 42.9 Å². The molecule has 0 aromatic carbocycles. The molecule has 2 aromatic heterocycles. The molecule has 1 aliphatic rings. The van der Waals surface area contributed by atoms with Gasteiger partial charge in [0.05, 0.1) is 19.5 Å². The Morgan fingerprint density at radius 3 is 2.58 bits per heavy atom. The number of H-pyrrole nitrogens is 1. The van der Waals surface area contributed by atoms with E-state index < -0.39 is 63.5 Å². The van der Waals surface area contributed by atoms with Gasteiger partial charge in [0.15, 0.2) is 23.7 Å². The Morgan fingerprint density at radius 1 is 1.33 bits per heavy atom. The maximum Gasteiger partial charge on any atom is 0.280 e. The van der Waals surface area contributed by atoms with Crippen molar-refractivity contribution in [2.24, 2.45) is 5.50 Å². The van der Waals surface area contributed by atoms with Gasteiger partial charge in [0.1, 0.15) is 36.6 Å². The number of nitrogens with one attached hydrogen (secondary N) is 1. The molecule has 33 heavy (non-hydrogen) atoms. The van der Waals surface area contributed by atoms with E-state index in [0.29, 0.717) is 0 Å². The van der Waals surface area contributed by atoms with Crippen molar-refractivity contribution < 1.29 is 49.6 Å². The van der Waals surface area contributed by atoms with Gasteiger partial charge >= 0.3 is 0 Å². The van der Waals surface area contributed by atoms with E-state index in [0.717, 1.165) is 0 Å². The second-order valence-corrected chi connectivity index (χ2v) is 7.65. The molecular weight excluding hydrogens is 471 g/mol. The summed E-state index contributed by atoms with van der Waals surface area (Å²) in [7, 11) is -2.11. The van der Waals surface area contributed by atoms with Gasteiger partial charge in [-0.1, -0.05) is 0 Å². The standard InChI is InChI=1S/C10H15N6O6P.C5H10O5/c11-10-14-7-4(8(19)15-10)13-2-16(7)9-6(18)5(17)3(22-9)1-21-23(12)20;6-1-3(8)5(10)4(9)2-7/h2-3,5-6,9,17-18,20H,1,12H2,(H3,11,14,15,19);1,3-5,7-10H,2H2/t3-,5-,6-,9-,23?;/m1./s1. The van der Waals surface area contributed by atoms with E-state index in [4.69, 9.17) is 45.8 Å². The minimum absolute atomic E-state index is 0.0185. The van der Waals surface area contributed by atoms with Gasteiger partial charge in [-0.25, -0.2) is 4.98 Å². The number of nitrogen functional groups attached to an aromatic ring is 1. The van der Waals surface area contributed by atoms with Crippen molar-refractivity contribution in [3.63, 3.8) is 0 Å². The van der Waals surface area contributed by atoms with E-state index >= 15 is 0 Å². The first-order valence-electron chi connectivity index (χ1n) is 9.22. The molecule has 1 saturated heterocycles. The predicted molar refractivity (Wildman–Crippen MR) is 109 cm³/mol. The number of anilines is 1. The van der Waals surface area contributed by atoms with Crippen molar-refractivity contribution in [1.82, 2.24) is 19.5 Å². The van der Waals surface area contributed by atoms with Crippen LogP contribution in [0.15, 0.2) is 11.1 Å². The fraction of sp³-hybridized carbons (Fsp3) is 0.600. The number of ether oxygens (including phenoxy) is 1. The Kier molecular flexibility index (Phi) is 9.70. The summed E-state index contributed by atoms with van der Waals surface area (Å²) in [5, 5.41) is 54.2. The van der Waals surface area contributed by atoms with Crippen LogP contribution in [-0.4, -0.2) is 111 Å². The van der Waals surface area contributed by atoms with Crippen LogP contribution in [0.25, 0.3) is 11.2 Å². The van der Waals surface area contributed by atoms with Crippen LogP contribution in [0.4, 0.5) is 5.95 Å². The lowest BCUT2D eigenvalue weighted by Crippen LogP contribution is -2.40. The van der Waals surface area contributed by atoms with Gasteiger partial charge in [-0.3, -0.25) is 19.8 Å². The van der Waals surface area contributed by atoms with E-state index in [1.807, 2.05) is 0 Å². The molecule has 0 radical (unpaired) electrons. The predicted octanol–water partition coefficient (Wildman–Crippen LogP) is -5.22. The highest BCUT2D eigenvalue weighted by Crippen LogP contribution is 2.33. The molecule has 2 aromatic rings. The van der Waals surface area contributed by atoms with Crippen LogP contribution in [0.1, 0.15) is 6.23 Å². The van der Waals surface area contributed by atoms with Crippen LogP contribution in [0.2, 0.25) is 0 Å². The second-order valence-electron chi connectivity index (χ2n) is 6.79. The van der Waals surface area contributed by atoms with Gasteiger partial charge in [0.25, 0.3) is 5.56 Å². The molecule has 186 valence electrons. The molecule has 17 nitrogen and oxygen atoms in total. The van der Waals surface area contributed by atoms with E-state index in [9.17, 15) is 19.8 Å². The molecule has 1 aliphatic heterocycles. The summed E-state index contributed by atoms with van der Waals surface area (Å²) in [6, 6.07) is 0. The van der Waals surface area contributed by atoms with Crippen LogP contribution in [0, 0.1) is 0 Å². The maximum atomic E-state index is 11.8. The molecule has 0 spiro atoms. The number of nitrogens with zero attached hydrogens (tertiary/aromatic N) is 3. The molecule has 0 amide bonds. The van der Waals surface area contributed by atoms with Crippen molar-refractivity contribution in [1.29, 1.82) is 0 Å². The van der Waals surface area contributed by atoms with Crippen LogP contribution in [0.5, 0.6) is 0 Å². The zero-order chi connectivity index (χ0) is 24.9. The maximum absolute atomic E-state index is 11.8. The Hall–Kier alpha value is -2.15. The van der Waals surface area contributed by atoms with Crippen molar-refractivity contribution >= 4 is 31.9 Å². The summed E-state index contributed by atoms with van der Waals surface area (Å²) in [6.07, 6.45) is -7.98. The number of aldehydes is 1. The van der Waals surface area contributed by atoms with Gasteiger partial charge in [-0.05, 0) is 0 Å². The van der Waals surface area contributed by atoms with Crippen molar-refractivity contribution in [2.75, 3.05) is 18.9 Å². The van der Waals surface area contributed by atoms with Crippen LogP contribution in [-0.2, 0) is 14.1 Å². The normalized spacial score (nSPS) is 26.3. The van der Waals surface area contributed by atoms with Crippen LogP contribution < -0.4 is 16.8 Å². The molecule has 3 rings (SSSR count). The number of imidazole rings is 1. The van der Waals surface area contributed by atoms with Gasteiger partial charge in [0.2, 0.25) is 14.5 Å². The summed E-state index contributed by atoms with van der Waals surface area (Å²) >= 11 is 0. The zero-order valence-electron chi connectivity index (χ0n) is 16.8. The molecular formula is C15H25N6O11P. The minimum Gasteiger partial charge on any atom is -0.394 e. The molecule has 8 atom stereocenters. The summed E-state index contributed by atoms with van der Waals surface area (Å²) in [6.45, 7) is -0.901. The first-order chi connectivity index (χ1) is 15.5. The molecule has 0 aliphatic carbocycles. The molecule has 18 heteroatoms. The third kappa shape index (κ3) is 6.46. The molecule has 1 fully saturated rings. The highest BCUT2D eigenvalue weighted by atomic mass is 31.2. The third-order valence-electron chi connectivity index (χ3n) is 4.50. The molecule has 4 unspecified atom stereocenters. The van der Waals surface area contributed by atoms with Crippen molar-refractivity contribution in [3.05, 3.63) is 16.7 Å². The Bertz CT molecular complexity index is 973. The van der Waals surface area contributed by atoms with E-state index in [-0.39, 0.29) is 30.0 Å². The lowest BCUT2D eigenvalue weighted by atomic mass is 10.1. The van der Waals surface area contributed by atoms with Crippen molar-refractivity contribution in [3.8, 4) is 0 Å². The highest BCUT2D eigenvalue weighted by Gasteiger charge is 2.44. The average Bonchev–Trinajstić information content (AvgIpc) is 3.32. The smallest absolute Gasteiger partial charge is 0.280 e. The fourth-order valence-corrected chi connectivity index (χ4v) is 3.09. The average molecular weight is 496 g/mol. The number of carbonyl (C=O) groups excluding carboxylic acids is 1. The first-order valence-corrected chi connectivity index (χ1v) is 10.5. The summed E-state index contributed by atoms with van der Waals surface area (Å²) in [5.41, 5.74) is 10.2. The first kappa shape index (κ1) is 27.1. The zero-order valence-corrected chi connectivity index (χ0v) is 17.7. The number of nitrogens with two attached hydrogens (primary N) is 2. The largest absolute Gasteiger partial charge is 0.394 e. The minimum atomic E-state index is -2.11. The SMILES string of the molecule is Nc1nc2c(ncn2[C@@H]2O[C@H](COP(N)O)[C@@H](O)[C@H]2O)c(=O)[nH]1.O=CC(O)C(O)C(O)CO. The molecule has 0 bridgehead atoms. The Morgan fingerprint density at radius 2 is 2.00 bits per heavy atom. The number of hydrogen-bond acceptors (Lipinski definition) is 15. The molecule has 12 N–H and O–H groups in total. The summed E-state index contributed by atoms with van der Waals surface area (Å²) in [4.78, 5) is 40.6. The third-order valence-corrected chi connectivity index (χ3v) is 4.92. The van der Waals surface area contributed by atoms with Crippen LogP contribution in [0.3, 0.4) is 0 Å². The van der Waals surface area contributed by atoms with Crippen LogP contribution >= 0.6 is 8.53 Å². The lowest BCUT2D eigenvalue weighted by molar-refractivity contribution is -0.127. The Balaban J connectivity index is 0.000000328. The number of fused-ring (bicyclic) bond motifs is 1. The Labute approximate surface area is 185 Å². The quantitative estimate of drug-likeness (QED) is 0.121. The summed E-state index contributed by atoms with van der Waals surface area (Å²) in [5.74, 6) is -0.119. The molecule has 3 heterocycles. The number of hydrogen-bond donors (Lipinski definition) is 10. The van der Waals surface area contributed by atoms with E-state index in [1.165, 1.54) is 10.9 Å². The monoisotopic (exact) mass is 496 g/mol. The number of carbonyl (C=O) groups is 1. The number of aliphatic hydroxyl groups excluding tert-OH is 6. The molecule has 0 saturated carbocycles. The topological polar surface area (TPSA) is 293 Å².